The molecule has 2 amide bonds. The Morgan fingerprint density at radius 3 is 2.46 bits per heavy atom. The molecule has 0 aliphatic rings. The molecule has 0 spiro atoms. The van der Waals surface area contributed by atoms with Gasteiger partial charge in [0, 0.05) is 30.4 Å². The molecular weight excluding hydrogens is 352 g/mol. The van der Waals surface area contributed by atoms with Crippen molar-refractivity contribution in [3.63, 3.8) is 0 Å². The first-order valence-electron chi connectivity index (χ1n) is 8.48. The first-order chi connectivity index (χ1) is 12.5. The summed E-state index contributed by atoms with van der Waals surface area (Å²) < 4.78 is 0. The van der Waals surface area contributed by atoms with Crippen molar-refractivity contribution in [1.82, 2.24) is 4.90 Å². The average Bonchev–Trinajstić information content (AvgIpc) is 2.62. The maximum atomic E-state index is 12.6. The largest absolute Gasteiger partial charge is 0.396 e. The summed E-state index contributed by atoms with van der Waals surface area (Å²) in [6, 6.07) is 14.6. The Labute approximate surface area is 158 Å². The van der Waals surface area contributed by atoms with Crippen LogP contribution in [-0.4, -0.2) is 35.0 Å². The fraction of sp³-hybridized carbons (Fsp3) is 0.300. The first-order valence-corrected chi connectivity index (χ1v) is 8.86. The summed E-state index contributed by atoms with van der Waals surface area (Å²) in [5.74, 6) is -0.631. The molecule has 0 saturated carbocycles. The second kappa shape index (κ2) is 9.94. The van der Waals surface area contributed by atoms with Gasteiger partial charge in [0.05, 0.1) is 0 Å². The molecule has 2 aromatic carbocycles. The molecule has 0 aliphatic carbocycles. The highest BCUT2D eigenvalue weighted by Gasteiger charge is 2.18. The van der Waals surface area contributed by atoms with Gasteiger partial charge in [-0.05, 0) is 42.7 Å². The highest BCUT2D eigenvalue weighted by molar-refractivity contribution is 6.30. The van der Waals surface area contributed by atoms with Crippen LogP contribution in [0.2, 0.25) is 5.02 Å². The Morgan fingerprint density at radius 1 is 1.12 bits per heavy atom. The Hall–Kier alpha value is -2.37. The van der Waals surface area contributed by atoms with Gasteiger partial charge in [-0.1, -0.05) is 41.9 Å². The quantitative estimate of drug-likeness (QED) is 0.696. The van der Waals surface area contributed by atoms with E-state index in [-0.39, 0.29) is 24.8 Å². The number of nitrogens with zero attached hydrogens (tertiary/aromatic N) is 1. The van der Waals surface area contributed by atoms with Crippen molar-refractivity contribution >= 4 is 29.1 Å². The van der Waals surface area contributed by atoms with Gasteiger partial charge in [0.1, 0.15) is 6.42 Å². The molecule has 2 N–H and O–H groups in total. The number of para-hydroxylation sites is 1. The summed E-state index contributed by atoms with van der Waals surface area (Å²) in [6.07, 6.45) is 0.214. The number of benzene rings is 2. The van der Waals surface area contributed by atoms with Crippen LogP contribution in [0.5, 0.6) is 0 Å². The summed E-state index contributed by atoms with van der Waals surface area (Å²) in [4.78, 5) is 26.4. The number of carbonyl (C=O) groups excluding carboxylic acids is 2. The number of hydrogen-bond donors (Lipinski definition) is 2. The maximum Gasteiger partial charge on any atom is 0.233 e. The van der Waals surface area contributed by atoms with Crippen LogP contribution in [-0.2, 0) is 16.1 Å². The van der Waals surface area contributed by atoms with Crippen LogP contribution in [0.1, 0.15) is 24.0 Å². The second-order valence-corrected chi connectivity index (χ2v) is 6.50. The molecule has 0 unspecified atom stereocenters. The van der Waals surface area contributed by atoms with E-state index < -0.39 is 0 Å². The van der Waals surface area contributed by atoms with Crippen LogP contribution in [0.15, 0.2) is 48.5 Å². The fourth-order valence-corrected chi connectivity index (χ4v) is 2.65. The lowest BCUT2D eigenvalue weighted by molar-refractivity contribution is -0.135. The van der Waals surface area contributed by atoms with E-state index in [1.54, 1.807) is 23.1 Å². The minimum absolute atomic E-state index is 0.0141. The Balaban J connectivity index is 1.99. The smallest absolute Gasteiger partial charge is 0.233 e. The second-order valence-electron chi connectivity index (χ2n) is 6.06. The van der Waals surface area contributed by atoms with Crippen molar-refractivity contribution in [2.24, 2.45) is 0 Å². The molecule has 6 heteroatoms. The van der Waals surface area contributed by atoms with E-state index in [4.69, 9.17) is 16.7 Å². The topological polar surface area (TPSA) is 69.6 Å². The lowest BCUT2D eigenvalue weighted by atomic mass is 10.2. The molecule has 0 atom stereocenters. The molecule has 0 aromatic heterocycles. The molecule has 26 heavy (non-hydrogen) atoms. The van der Waals surface area contributed by atoms with Crippen molar-refractivity contribution in [3.05, 3.63) is 64.7 Å². The third-order valence-corrected chi connectivity index (χ3v) is 4.21. The van der Waals surface area contributed by atoms with Crippen molar-refractivity contribution < 1.29 is 14.7 Å². The molecule has 0 heterocycles. The van der Waals surface area contributed by atoms with Gasteiger partial charge in [-0.2, -0.15) is 0 Å². The Kier molecular flexibility index (Phi) is 7.63. The van der Waals surface area contributed by atoms with Gasteiger partial charge in [0.15, 0.2) is 0 Å². The lowest BCUT2D eigenvalue weighted by Gasteiger charge is -2.22. The normalized spacial score (nSPS) is 10.4. The zero-order valence-corrected chi connectivity index (χ0v) is 15.5. The molecule has 0 saturated heterocycles. The van der Waals surface area contributed by atoms with E-state index in [2.05, 4.69) is 5.32 Å². The minimum atomic E-state index is -0.352. The average molecular weight is 375 g/mol. The van der Waals surface area contributed by atoms with Gasteiger partial charge in [-0.3, -0.25) is 9.59 Å². The van der Waals surface area contributed by atoms with Crippen molar-refractivity contribution in [1.29, 1.82) is 0 Å². The monoisotopic (exact) mass is 374 g/mol. The number of nitrogens with one attached hydrogen (secondary N) is 1. The zero-order valence-electron chi connectivity index (χ0n) is 14.7. The van der Waals surface area contributed by atoms with Crippen molar-refractivity contribution in [2.75, 3.05) is 18.5 Å². The SMILES string of the molecule is Cc1ccccc1NC(=O)CC(=O)N(CCCO)Cc1ccc(Cl)cc1. The van der Waals surface area contributed by atoms with Crippen LogP contribution >= 0.6 is 11.6 Å². The highest BCUT2D eigenvalue weighted by atomic mass is 35.5. The lowest BCUT2D eigenvalue weighted by Crippen LogP contribution is -2.34. The number of carbonyl (C=O) groups is 2. The summed E-state index contributed by atoms with van der Waals surface area (Å²) >= 11 is 5.89. The van der Waals surface area contributed by atoms with Crippen LogP contribution in [0, 0.1) is 6.92 Å². The summed E-state index contributed by atoms with van der Waals surface area (Å²) in [6.45, 7) is 2.63. The summed E-state index contributed by atoms with van der Waals surface area (Å²) in [5, 5.41) is 12.5. The fourth-order valence-electron chi connectivity index (χ4n) is 2.52. The standard InChI is InChI=1S/C20H23ClN2O3/c1-15-5-2-3-6-18(15)22-19(25)13-20(26)23(11-4-12-24)14-16-7-9-17(21)10-8-16/h2-3,5-10,24H,4,11-14H2,1H3,(H,22,25). The predicted octanol–water partition coefficient (Wildman–Crippen LogP) is 3.39. The van der Waals surface area contributed by atoms with Gasteiger partial charge in [-0.15, -0.1) is 0 Å². The highest BCUT2D eigenvalue weighted by Crippen LogP contribution is 2.15. The molecule has 0 aliphatic heterocycles. The van der Waals surface area contributed by atoms with E-state index >= 15 is 0 Å². The Bertz CT molecular complexity index is 747. The molecule has 2 aromatic rings. The zero-order chi connectivity index (χ0) is 18.9. The number of amides is 2. The van der Waals surface area contributed by atoms with Gasteiger partial charge < -0.3 is 15.3 Å². The predicted molar refractivity (Wildman–Crippen MR) is 103 cm³/mol. The minimum Gasteiger partial charge on any atom is -0.396 e. The molecule has 0 radical (unpaired) electrons. The molecule has 0 fully saturated rings. The van der Waals surface area contributed by atoms with Crippen molar-refractivity contribution in [2.45, 2.75) is 26.3 Å². The number of aliphatic hydroxyl groups excluding tert-OH is 1. The van der Waals surface area contributed by atoms with E-state index in [0.717, 1.165) is 11.1 Å². The molecule has 2 rings (SSSR count). The number of anilines is 1. The third-order valence-electron chi connectivity index (χ3n) is 3.96. The first kappa shape index (κ1) is 19.9. The number of hydrogen-bond acceptors (Lipinski definition) is 3. The number of rotatable bonds is 8. The van der Waals surface area contributed by atoms with E-state index in [1.807, 2.05) is 37.3 Å². The third kappa shape index (κ3) is 6.17. The van der Waals surface area contributed by atoms with E-state index in [0.29, 0.717) is 30.2 Å². The number of aliphatic hydroxyl groups is 1. The van der Waals surface area contributed by atoms with E-state index in [1.165, 1.54) is 0 Å². The van der Waals surface area contributed by atoms with Crippen LogP contribution < -0.4 is 5.32 Å². The van der Waals surface area contributed by atoms with Gasteiger partial charge in [0.2, 0.25) is 11.8 Å². The summed E-state index contributed by atoms with van der Waals surface area (Å²) in [7, 11) is 0. The summed E-state index contributed by atoms with van der Waals surface area (Å²) in [5.41, 5.74) is 2.55. The van der Waals surface area contributed by atoms with Gasteiger partial charge in [0.25, 0.3) is 0 Å². The van der Waals surface area contributed by atoms with Crippen LogP contribution in [0.4, 0.5) is 5.69 Å². The molecule has 5 nitrogen and oxygen atoms in total. The molecule has 138 valence electrons. The molecular formula is C20H23ClN2O3. The van der Waals surface area contributed by atoms with Gasteiger partial charge in [-0.25, -0.2) is 0 Å². The van der Waals surface area contributed by atoms with E-state index in [9.17, 15) is 9.59 Å². The van der Waals surface area contributed by atoms with Crippen LogP contribution in [0.25, 0.3) is 0 Å². The maximum absolute atomic E-state index is 12.6. The molecule has 0 bridgehead atoms. The Morgan fingerprint density at radius 2 is 1.81 bits per heavy atom. The number of halogens is 1. The van der Waals surface area contributed by atoms with Crippen LogP contribution in [0.3, 0.4) is 0 Å². The number of aryl methyl sites for hydroxylation is 1. The van der Waals surface area contributed by atoms with Crippen molar-refractivity contribution in [3.8, 4) is 0 Å². The van der Waals surface area contributed by atoms with Gasteiger partial charge >= 0.3 is 0 Å².